The Morgan fingerprint density at radius 3 is 2.17 bits per heavy atom. The molecule has 1 unspecified atom stereocenters. The van der Waals surface area contributed by atoms with Crippen molar-refractivity contribution in [2.45, 2.75) is 52.0 Å². The Morgan fingerprint density at radius 1 is 0.756 bits per heavy atom. The molecule has 5 aromatic rings. The van der Waals surface area contributed by atoms with Gasteiger partial charge in [0.1, 0.15) is 12.8 Å². The van der Waals surface area contributed by atoms with Crippen LogP contribution in [0.4, 0.5) is 5.69 Å². The van der Waals surface area contributed by atoms with Crippen molar-refractivity contribution in [1.29, 1.82) is 0 Å². The van der Waals surface area contributed by atoms with Gasteiger partial charge in [-0.25, -0.2) is 0 Å². The van der Waals surface area contributed by atoms with Crippen molar-refractivity contribution in [2.24, 2.45) is 0 Å². The number of benzene rings is 4. The van der Waals surface area contributed by atoms with Gasteiger partial charge in [-0.2, -0.15) is 4.24 Å². The van der Waals surface area contributed by atoms with Crippen LogP contribution >= 0.6 is 0 Å². The number of hydrogen-bond donors (Lipinski definition) is 1. The van der Waals surface area contributed by atoms with E-state index in [9.17, 15) is 0 Å². The number of nitrogens with zero attached hydrogens (tertiary/aromatic N) is 1. The second kappa shape index (κ2) is 11.2. The van der Waals surface area contributed by atoms with Gasteiger partial charge in [0.15, 0.2) is 0 Å². The molecule has 4 aromatic carbocycles. The van der Waals surface area contributed by atoms with Crippen LogP contribution in [0.15, 0.2) is 103 Å². The van der Waals surface area contributed by atoms with Gasteiger partial charge in [-0.1, -0.05) is 119 Å². The average molecular weight is 536 g/mol. The van der Waals surface area contributed by atoms with E-state index in [0.29, 0.717) is 11.8 Å². The van der Waals surface area contributed by atoms with Gasteiger partial charge in [0, 0.05) is 17.8 Å². The standard InChI is InChI=1S/C39H39N2/c1-26(2)31-21-13-22-32(27(3)4)39(31)40-38(28-15-7-6-8-16-28)36-24-14-23-35(41(36)5)37-33-19-11-9-17-29(33)25-30-18-10-12-20-34(30)37/h6-11,13-27,38,40H,5,12H2,1-4H3/q+1/b37-35+. The normalized spacial score (nSPS) is 14.2. The Morgan fingerprint density at radius 2 is 1.44 bits per heavy atom. The summed E-state index contributed by atoms with van der Waals surface area (Å²) in [6.07, 6.45) is 7.79. The number of hydrogen-bond acceptors (Lipinski definition) is 1. The predicted molar refractivity (Wildman–Crippen MR) is 173 cm³/mol. The van der Waals surface area contributed by atoms with Crippen molar-refractivity contribution in [3.8, 4) is 0 Å². The van der Waals surface area contributed by atoms with E-state index in [4.69, 9.17) is 6.72 Å². The lowest BCUT2D eigenvalue weighted by Crippen LogP contribution is -2.31. The van der Waals surface area contributed by atoms with E-state index in [0.717, 1.165) is 17.5 Å². The molecule has 0 amide bonds. The summed E-state index contributed by atoms with van der Waals surface area (Å²) in [5, 5.41) is 10.2. The van der Waals surface area contributed by atoms with Gasteiger partial charge < -0.3 is 5.32 Å². The van der Waals surface area contributed by atoms with Crippen LogP contribution < -0.4 is 14.8 Å². The number of allylic oxidation sites excluding steroid dienone is 1. The molecule has 0 spiro atoms. The van der Waals surface area contributed by atoms with Crippen LogP contribution in [0.25, 0.3) is 22.9 Å². The van der Waals surface area contributed by atoms with Gasteiger partial charge in [-0.05, 0) is 68.6 Å². The lowest BCUT2D eigenvalue weighted by Gasteiger charge is -2.25. The van der Waals surface area contributed by atoms with Crippen LogP contribution in [0.3, 0.4) is 0 Å². The highest BCUT2D eigenvalue weighted by Gasteiger charge is 2.25. The molecule has 0 bridgehead atoms. The van der Waals surface area contributed by atoms with Crippen LogP contribution in [0.2, 0.25) is 0 Å². The second-order valence-electron chi connectivity index (χ2n) is 11.7. The summed E-state index contributed by atoms with van der Waals surface area (Å²) in [7, 11) is 0. The van der Waals surface area contributed by atoms with E-state index in [1.165, 1.54) is 49.2 Å². The molecule has 6 rings (SSSR count). The molecule has 1 aromatic heterocycles. The summed E-state index contributed by atoms with van der Waals surface area (Å²) in [6, 6.07) is 35.1. The first-order valence-electron chi connectivity index (χ1n) is 14.8. The van der Waals surface area contributed by atoms with Crippen molar-refractivity contribution in [2.75, 3.05) is 5.32 Å². The molecule has 0 saturated carbocycles. The van der Waals surface area contributed by atoms with Crippen LogP contribution in [0.5, 0.6) is 0 Å². The highest BCUT2D eigenvalue weighted by Crippen LogP contribution is 2.36. The lowest BCUT2D eigenvalue weighted by molar-refractivity contribution is -0.520. The maximum absolute atomic E-state index is 4.70. The molecule has 204 valence electrons. The zero-order valence-corrected chi connectivity index (χ0v) is 24.6. The maximum Gasteiger partial charge on any atom is 0.218 e. The van der Waals surface area contributed by atoms with E-state index >= 15 is 0 Å². The third kappa shape index (κ3) is 5.00. The fourth-order valence-electron chi connectivity index (χ4n) is 6.26. The van der Waals surface area contributed by atoms with Gasteiger partial charge in [0.05, 0.1) is 5.22 Å². The number of nitrogens with one attached hydrogen (secondary N) is 1. The Labute approximate surface area is 243 Å². The van der Waals surface area contributed by atoms with Crippen LogP contribution in [-0.4, -0.2) is 0 Å². The number of pyridine rings is 1. The molecule has 1 aliphatic carbocycles. The lowest BCUT2D eigenvalue weighted by atomic mass is 9.91. The number of aromatic nitrogens is 1. The monoisotopic (exact) mass is 535 g/mol. The fourth-order valence-corrected chi connectivity index (χ4v) is 6.26. The van der Waals surface area contributed by atoms with E-state index < -0.39 is 0 Å². The summed E-state index contributed by atoms with van der Waals surface area (Å²) in [5.74, 6) is 0.799. The summed E-state index contributed by atoms with van der Waals surface area (Å²) in [4.78, 5) is 0. The molecule has 1 atom stereocenters. The average Bonchev–Trinajstić information content (AvgIpc) is 2.99. The molecular weight excluding hydrogens is 496 g/mol. The smallest absolute Gasteiger partial charge is 0.218 e. The molecule has 0 fully saturated rings. The predicted octanol–water partition coefficient (Wildman–Crippen LogP) is 8.70. The minimum atomic E-state index is -0.0827. The summed E-state index contributed by atoms with van der Waals surface area (Å²) >= 11 is 0. The molecule has 2 heteroatoms. The minimum Gasteiger partial charge on any atom is -0.369 e. The topological polar surface area (TPSA) is 17.9 Å². The van der Waals surface area contributed by atoms with Crippen molar-refractivity contribution in [3.63, 3.8) is 0 Å². The van der Waals surface area contributed by atoms with E-state index in [-0.39, 0.29) is 6.04 Å². The molecule has 0 aliphatic heterocycles. The van der Waals surface area contributed by atoms with Gasteiger partial charge >= 0.3 is 0 Å². The molecule has 0 saturated heterocycles. The second-order valence-corrected chi connectivity index (χ2v) is 11.7. The zero-order valence-electron chi connectivity index (χ0n) is 24.6. The summed E-state index contributed by atoms with van der Waals surface area (Å²) in [6.45, 7) is 13.8. The molecule has 1 heterocycles. The molecule has 1 N–H and O–H groups in total. The Hall–Kier alpha value is -4.43. The molecule has 0 radical (unpaired) electrons. The molecular formula is C39H39N2+. The van der Waals surface area contributed by atoms with Crippen molar-refractivity contribution in [3.05, 3.63) is 154 Å². The first-order chi connectivity index (χ1) is 19.9. The first kappa shape index (κ1) is 26.8. The number of para-hydroxylation sites is 1. The number of rotatable bonds is 6. The highest BCUT2D eigenvalue weighted by atomic mass is 15.0. The third-order valence-electron chi connectivity index (χ3n) is 8.35. The SMILES string of the molecule is C=[n+]1c(C(Nc2c(C(C)C)cccc2C(C)C)c2ccccc2)ccc/c1=c1\c2c(cc3ccccc13)C=CCC=2. The summed E-state index contributed by atoms with van der Waals surface area (Å²) < 4.78 is 2.16. The number of fused-ring (bicyclic) bond motifs is 2. The highest BCUT2D eigenvalue weighted by molar-refractivity contribution is 5.86. The van der Waals surface area contributed by atoms with Gasteiger partial charge in [0.25, 0.3) is 0 Å². The fraction of sp³-hybridized carbons (Fsp3) is 0.205. The van der Waals surface area contributed by atoms with E-state index in [1.54, 1.807) is 0 Å². The summed E-state index contributed by atoms with van der Waals surface area (Å²) in [5.41, 5.74) is 7.51. The van der Waals surface area contributed by atoms with Crippen molar-refractivity contribution < 1.29 is 4.24 Å². The van der Waals surface area contributed by atoms with E-state index in [1.807, 2.05) is 0 Å². The van der Waals surface area contributed by atoms with Gasteiger partial charge in [-0.15, -0.1) is 0 Å². The Bertz CT molecular complexity index is 1940. The van der Waals surface area contributed by atoms with Crippen molar-refractivity contribution >= 4 is 28.6 Å². The molecule has 41 heavy (non-hydrogen) atoms. The third-order valence-corrected chi connectivity index (χ3v) is 8.35. The molecule has 1 aliphatic rings. The maximum atomic E-state index is 4.70. The zero-order chi connectivity index (χ0) is 28.5. The minimum absolute atomic E-state index is 0.0827. The molecule has 2 nitrogen and oxygen atoms in total. The quantitative estimate of drug-likeness (QED) is 0.215. The van der Waals surface area contributed by atoms with Crippen LogP contribution in [0.1, 0.15) is 79.9 Å². The van der Waals surface area contributed by atoms with Crippen LogP contribution in [0, 0.1) is 17.3 Å². The first-order valence-corrected chi connectivity index (χ1v) is 14.8. The van der Waals surface area contributed by atoms with Gasteiger partial charge in [-0.3, -0.25) is 0 Å². The van der Waals surface area contributed by atoms with Crippen molar-refractivity contribution in [1.82, 2.24) is 0 Å². The largest absolute Gasteiger partial charge is 0.369 e. The van der Waals surface area contributed by atoms with E-state index in [2.05, 4.69) is 153 Å². The number of anilines is 1. The Kier molecular flexibility index (Phi) is 7.32. The Balaban J connectivity index is 1.68. The van der Waals surface area contributed by atoms with Gasteiger partial charge in [0.2, 0.25) is 11.0 Å². The van der Waals surface area contributed by atoms with Crippen LogP contribution in [-0.2, 0) is 0 Å².